The summed E-state index contributed by atoms with van der Waals surface area (Å²) in [5.74, 6) is 0.269. The van der Waals surface area contributed by atoms with Crippen molar-refractivity contribution in [2.45, 2.75) is 65.2 Å². The van der Waals surface area contributed by atoms with Crippen molar-refractivity contribution in [3.8, 4) is 0 Å². The fourth-order valence-corrected chi connectivity index (χ4v) is 1.55. The third-order valence-electron chi connectivity index (χ3n) is 2.73. The third kappa shape index (κ3) is 31.8. The van der Waals surface area contributed by atoms with Gasteiger partial charge in [-0.15, -0.1) is 6.42 Å². The number of allylic oxidation sites excluding steroid dienone is 7. The van der Waals surface area contributed by atoms with Crippen molar-refractivity contribution in [2.24, 2.45) is 0 Å². The Kier molecular flexibility index (Phi) is 30.8. The van der Waals surface area contributed by atoms with Crippen LogP contribution in [0.15, 0.2) is 42.5 Å². The van der Waals surface area contributed by atoms with Gasteiger partial charge in [0.15, 0.2) is 0 Å². The number of hydrogen-bond acceptors (Lipinski definition) is 1. The number of Topliss-reactive ketones (excluding diaryl/α,β-unsaturated/α-hetero) is 1. The van der Waals surface area contributed by atoms with E-state index in [-0.39, 0.29) is 38.5 Å². The van der Waals surface area contributed by atoms with Crippen molar-refractivity contribution in [1.82, 2.24) is 0 Å². The minimum atomic E-state index is 0. The van der Waals surface area contributed by atoms with E-state index in [1.165, 1.54) is 31.8 Å². The fraction of sp³-hybridized carbons (Fsp3) is 0.500. The molecule has 0 aliphatic carbocycles. The van der Waals surface area contributed by atoms with Crippen molar-refractivity contribution in [3.05, 3.63) is 56.0 Å². The normalized spacial score (nSPS) is 10.5. The smallest absolute Gasteiger partial charge is 0.129 e. The van der Waals surface area contributed by atoms with Gasteiger partial charge in [0.1, 0.15) is 5.78 Å². The molecule has 0 aromatic rings. The van der Waals surface area contributed by atoms with Crippen molar-refractivity contribution >= 4 is 5.78 Å². The maximum atomic E-state index is 10.6. The number of ketones is 1. The molecule has 0 N–H and O–H groups in total. The molecule has 0 rings (SSSR count). The Hall–Kier alpha value is -0.396. The van der Waals surface area contributed by atoms with Crippen LogP contribution in [-0.2, 0) is 37.5 Å². The van der Waals surface area contributed by atoms with Gasteiger partial charge in [0, 0.05) is 39.1 Å². The minimum Gasteiger partial charge on any atom is -0.300 e. The molecule has 0 saturated carbocycles. The molecule has 0 unspecified atom stereocenters. The van der Waals surface area contributed by atoms with Crippen LogP contribution in [0.3, 0.4) is 0 Å². The van der Waals surface area contributed by atoms with E-state index in [4.69, 9.17) is 6.58 Å². The predicted molar refractivity (Wildman–Crippen MR) is 94.9 cm³/mol. The molecular formula is C20H32OY-2. The molecular weight excluding hydrogens is 345 g/mol. The van der Waals surface area contributed by atoms with Crippen LogP contribution in [0, 0.1) is 13.5 Å². The second-order valence-electron chi connectivity index (χ2n) is 4.89. The number of unbranched alkanes of at least 4 members (excludes halogenated alkanes) is 4. The first-order chi connectivity index (χ1) is 10.2. The molecule has 0 heterocycles. The Bertz CT molecular complexity index is 314. The van der Waals surface area contributed by atoms with Gasteiger partial charge in [0.05, 0.1) is 0 Å². The first kappa shape index (κ1) is 26.5. The van der Waals surface area contributed by atoms with Crippen molar-refractivity contribution in [2.75, 3.05) is 0 Å². The van der Waals surface area contributed by atoms with Gasteiger partial charge in [-0.3, -0.25) is 6.58 Å². The Morgan fingerprint density at radius 1 is 1.05 bits per heavy atom. The third-order valence-corrected chi connectivity index (χ3v) is 2.73. The van der Waals surface area contributed by atoms with E-state index in [1.54, 1.807) is 6.92 Å². The summed E-state index contributed by atoms with van der Waals surface area (Å²) >= 11 is 0. The SMILES string of the molecule is [CH-]=C/C=C\C/C=C\CCCC(C)=O.[CH2-]/C=C\CCCCC.[Y]. The van der Waals surface area contributed by atoms with Gasteiger partial charge in [0.25, 0.3) is 0 Å². The Morgan fingerprint density at radius 2 is 1.73 bits per heavy atom. The van der Waals surface area contributed by atoms with Crippen LogP contribution in [0.2, 0.25) is 0 Å². The molecule has 0 spiro atoms. The number of carbonyl (C=O) groups excluding carboxylic acids is 1. The first-order valence-corrected chi connectivity index (χ1v) is 7.97. The second kappa shape index (κ2) is 25.6. The molecule has 2 heteroatoms. The molecule has 0 aliphatic rings. The van der Waals surface area contributed by atoms with E-state index in [9.17, 15) is 4.79 Å². The zero-order chi connectivity index (χ0) is 16.2. The summed E-state index contributed by atoms with van der Waals surface area (Å²) in [5, 5.41) is 0. The Balaban J connectivity index is -0.000000348. The van der Waals surface area contributed by atoms with Crippen molar-refractivity contribution < 1.29 is 37.5 Å². The Morgan fingerprint density at radius 3 is 2.27 bits per heavy atom. The number of hydrogen-bond donors (Lipinski definition) is 0. The number of rotatable bonds is 11. The van der Waals surface area contributed by atoms with E-state index in [0.717, 1.165) is 19.3 Å². The molecule has 0 saturated heterocycles. The molecule has 1 nitrogen and oxygen atoms in total. The molecule has 0 amide bonds. The average Bonchev–Trinajstić information content (AvgIpc) is 2.47. The van der Waals surface area contributed by atoms with Gasteiger partial charge >= 0.3 is 0 Å². The zero-order valence-corrected chi connectivity index (χ0v) is 17.3. The monoisotopic (exact) mass is 377 g/mol. The van der Waals surface area contributed by atoms with Gasteiger partial charge in [-0.05, 0) is 26.2 Å². The molecule has 0 fully saturated rings. The quantitative estimate of drug-likeness (QED) is 0.182. The molecule has 0 aromatic carbocycles. The maximum absolute atomic E-state index is 10.6. The molecule has 1 radical (unpaired) electrons. The minimum absolute atomic E-state index is 0. The van der Waals surface area contributed by atoms with Gasteiger partial charge in [-0.2, -0.15) is 6.08 Å². The number of carbonyl (C=O) groups is 1. The molecule has 22 heavy (non-hydrogen) atoms. The van der Waals surface area contributed by atoms with Crippen molar-refractivity contribution in [1.29, 1.82) is 0 Å². The molecule has 123 valence electrons. The molecule has 0 atom stereocenters. The first-order valence-electron chi connectivity index (χ1n) is 7.97. The summed E-state index contributed by atoms with van der Waals surface area (Å²) < 4.78 is 0. The van der Waals surface area contributed by atoms with E-state index in [0.29, 0.717) is 6.42 Å². The predicted octanol–water partition coefficient (Wildman–Crippen LogP) is 6.19. The van der Waals surface area contributed by atoms with Gasteiger partial charge in [0.2, 0.25) is 0 Å². The van der Waals surface area contributed by atoms with Crippen molar-refractivity contribution in [3.63, 3.8) is 0 Å². The standard InChI is InChI=1S/C12H17O.C8H15.Y/c1-3-4-5-6-7-8-9-10-11-12(2)13;1-3-5-7-8-6-4-2;/h1,3-5,7-8H,6,9-11H2,2H3;3,5H,1,4,6-8H2,2H3;/q2*-1;/b5-4-,8-7-;5-3-;. The summed E-state index contributed by atoms with van der Waals surface area (Å²) in [6.45, 7) is 12.6. The fourth-order valence-electron chi connectivity index (χ4n) is 1.55. The summed E-state index contributed by atoms with van der Waals surface area (Å²) in [5.41, 5.74) is 0. The van der Waals surface area contributed by atoms with Crippen LogP contribution in [-0.4, -0.2) is 5.78 Å². The van der Waals surface area contributed by atoms with E-state index >= 15 is 0 Å². The maximum Gasteiger partial charge on any atom is 0.129 e. The van der Waals surface area contributed by atoms with Crippen LogP contribution >= 0.6 is 0 Å². The molecule has 0 bridgehead atoms. The molecule has 0 aromatic heterocycles. The van der Waals surface area contributed by atoms with Crippen LogP contribution in [0.25, 0.3) is 0 Å². The summed E-state index contributed by atoms with van der Waals surface area (Å²) in [6.07, 6.45) is 22.2. The van der Waals surface area contributed by atoms with Gasteiger partial charge < -0.3 is 4.79 Å². The van der Waals surface area contributed by atoms with Crippen LogP contribution in [0.1, 0.15) is 65.2 Å². The summed E-state index contributed by atoms with van der Waals surface area (Å²) in [7, 11) is 0. The zero-order valence-electron chi connectivity index (χ0n) is 14.5. The Labute approximate surface area is 163 Å². The topological polar surface area (TPSA) is 17.1 Å². The summed E-state index contributed by atoms with van der Waals surface area (Å²) in [4.78, 5) is 10.6. The summed E-state index contributed by atoms with van der Waals surface area (Å²) in [6, 6.07) is 0. The van der Waals surface area contributed by atoms with E-state index < -0.39 is 0 Å². The largest absolute Gasteiger partial charge is 0.300 e. The van der Waals surface area contributed by atoms with E-state index in [2.05, 4.69) is 32.1 Å². The second-order valence-corrected chi connectivity index (χ2v) is 4.89. The van der Waals surface area contributed by atoms with Gasteiger partial charge in [-0.25, -0.2) is 31.2 Å². The average molecular weight is 377 g/mol. The van der Waals surface area contributed by atoms with Crippen LogP contribution in [0.5, 0.6) is 0 Å². The molecule has 0 aliphatic heterocycles. The van der Waals surface area contributed by atoms with Crippen LogP contribution < -0.4 is 0 Å². The van der Waals surface area contributed by atoms with Crippen LogP contribution in [0.4, 0.5) is 0 Å². The van der Waals surface area contributed by atoms with Gasteiger partial charge in [-0.1, -0.05) is 38.3 Å². The van der Waals surface area contributed by atoms with E-state index in [1.807, 2.05) is 18.2 Å².